The van der Waals surface area contributed by atoms with Crippen molar-refractivity contribution in [1.29, 1.82) is 0 Å². The number of aryl methyl sites for hydroxylation is 1. The first-order chi connectivity index (χ1) is 10.3. The van der Waals surface area contributed by atoms with Gasteiger partial charge >= 0.3 is 0 Å². The van der Waals surface area contributed by atoms with Crippen LogP contribution in [-0.2, 0) is 6.42 Å². The summed E-state index contributed by atoms with van der Waals surface area (Å²) in [5.41, 5.74) is 1.13. The van der Waals surface area contributed by atoms with Crippen LogP contribution in [-0.4, -0.2) is 16.7 Å². The molecule has 0 saturated heterocycles. The fourth-order valence-electron chi connectivity index (χ4n) is 1.92. The molecule has 1 aromatic carbocycles. The summed E-state index contributed by atoms with van der Waals surface area (Å²) >= 11 is 5.02. The van der Waals surface area contributed by atoms with Gasteiger partial charge in [-0.2, -0.15) is 4.98 Å². The Kier molecular flexibility index (Phi) is 4.67. The van der Waals surface area contributed by atoms with Crippen LogP contribution in [0.25, 0.3) is 10.7 Å². The molecule has 0 radical (unpaired) electrons. The molecule has 3 rings (SSSR count). The smallest absolute Gasteiger partial charge is 0.227 e. The first-order valence-electron chi connectivity index (χ1n) is 6.67. The highest BCUT2D eigenvalue weighted by atomic mass is 79.9. The predicted molar refractivity (Wildman–Crippen MR) is 88.6 cm³/mol. The van der Waals surface area contributed by atoms with E-state index in [1.165, 1.54) is 0 Å². The van der Waals surface area contributed by atoms with Crippen molar-refractivity contribution in [2.75, 3.05) is 11.9 Å². The molecular weight excluding hydrogens is 350 g/mol. The molecule has 108 valence electrons. The topological polar surface area (TPSA) is 51.0 Å². The Morgan fingerprint density at radius 1 is 1.24 bits per heavy atom. The zero-order chi connectivity index (χ0) is 14.5. The molecule has 0 amide bonds. The van der Waals surface area contributed by atoms with Crippen molar-refractivity contribution >= 4 is 33.0 Å². The Morgan fingerprint density at radius 2 is 2.10 bits per heavy atom. The molecule has 1 N–H and O–H groups in total. The van der Waals surface area contributed by atoms with Gasteiger partial charge in [0.25, 0.3) is 0 Å². The summed E-state index contributed by atoms with van der Waals surface area (Å²) < 4.78 is 6.33. The van der Waals surface area contributed by atoms with Gasteiger partial charge in [-0.1, -0.05) is 23.4 Å². The lowest BCUT2D eigenvalue weighted by Gasteiger charge is -2.03. The number of hydrogen-bond acceptors (Lipinski definition) is 5. The molecule has 3 aromatic rings. The Hall–Kier alpha value is -1.66. The summed E-state index contributed by atoms with van der Waals surface area (Å²) in [6.07, 6.45) is 1.73. The highest BCUT2D eigenvalue weighted by Gasteiger charge is 2.10. The quantitative estimate of drug-likeness (QED) is 0.649. The third-order valence-corrected chi connectivity index (χ3v) is 4.61. The maximum atomic E-state index is 5.28. The predicted octanol–water partition coefficient (Wildman–Crippen LogP) is 4.61. The largest absolute Gasteiger partial charge is 0.385 e. The molecule has 0 atom stereocenters. The highest BCUT2D eigenvalue weighted by Crippen LogP contribution is 2.27. The number of benzene rings is 1. The van der Waals surface area contributed by atoms with Crippen LogP contribution in [0.15, 0.2) is 50.8 Å². The molecule has 0 aliphatic rings. The van der Waals surface area contributed by atoms with Crippen molar-refractivity contribution in [3.05, 3.63) is 52.1 Å². The van der Waals surface area contributed by atoms with Crippen molar-refractivity contribution in [2.45, 2.75) is 12.8 Å². The van der Waals surface area contributed by atoms with Gasteiger partial charge in [-0.3, -0.25) is 0 Å². The SMILES string of the molecule is Brc1csc(-c2noc(CCCNc3ccccc3)n2)c1. The summed E-state index contributed by atoms with van der Waals surface area (Å²) in [4.78, 5) is 5.44. The Balaban J connectivity index is 1.49. The van der Waals surface area contributed by atoms with Gasteiger partial charge in [0.1, 0.15) is 0 Å². The van der Waals surface area contributed by atoms with Crippen molar-refractivity contribution in [3.63, 3.8) is 0 Å². The first-order valence-corrected chi connectivity index (χ1v) is 8.34. The number of para-hydroxylation sites is 1. The van der Waals surface area contributed by atoms with Crippen molar-refractivity contribution in [3.8, 4) is 10.7 Å². The molecule has 0 fully saturated rings. The van der Waals surface area contributed by atoms with Gasteiger partial charge in [0.05, 0.1) is 4.88 Å². The average Bonchev–Trinajstić information content (AvgIpc) is 3.13. The number of aromatic nitrogens is 2. The fraction of sp³-hybridized carbons (Fsp3) is 0.200. The molecule has 0 aliphatic carbocycles. The summed E-state index contributed by atoms with van der Waals surface area (Å²) in [6.45, 7) is 0.881. The lowest BCUT2D eigenvalue weighted by Crippen LogP contribution is -2.02. The zero-order valence-electron chi connectivity index (χ0n) is 11.3. The van der Waals surface area contributed by atoms with Crippen LogP contribution in [0.5, 0.6) is 0 Å². The van der Waals surface area contributed by atoms with E-state index in [4.69, 9.17) is 4.52 Å². The van der Waals surface area contributed by atoms with Crippen molar-refractivity contribution in [2.24, 2.45) is 0 Å². The van der Waals surface area contributed by atoms with Gasteiger partial charge in [0.15, 0.2) is 0 Å². The lowest BCUT2D eigenvalue weighted by atomic mass is 10.3. The van der Waals surface area contributed by atoms with Crippen LogP contribution in [0.1, 0.15) is 12.3 Å². The lowest BCUT2D eigenvalue weighted by molar-refractivity contribution is 0.377. The molecule has 0 saturated carbocycles. The third-order valence-electron chi connectivity index (χ3n) is 2.93. The van der Waals surface area contributed by atoms with Crippen LogP contribution < -0.4 is 5.32 Å². The van der Waals surface area contributed by atoms with Gasteiger partial charge in [0, 0.05) is 28.5 Å². The van der Waals surface area contributed by atoms with Crippen LogP contribution in [0.4, 0.5) is 5.69 Å². The maximum Gasteiger partial charge on any atom is 0.227 e. The molecule has 4 nitrogen and oxygen atoms in total. The van der Waals surface area contributed by atoms with E-state index in [0.29, 0.717) is 11.7 Å². The van der Waals surface area contributed by atoms with Gasteiger partial charge < -0.3 is 9.84 Å². The van der Waals surface area contributed by atoms with E-state index in [1.807, 2.05) is 29.6 Å². The molecule has 21 heavy (non-hydrogen) atoms. The van der Waals surface area contributed by atoms with Gasteiger partial charge in [-0.05, 0) is 40.5 Å². The number of nitrogens with zero attached hydrogens (tertiary/aromatic N) is 2. The second-order valence-corrected chi connectivity index (χ2v) is 6.36. The van der Waals surface area contributed by atoms with Crippen LogP contribution in [0.3, 0.4) is 0 Å². The Labute approximate surface area is 135 Å². The normalized spacial score (nSPS) is 10.7. The van der Waals surface area contributed by atoms with E-state index in [2.05, 4.69) is 43.5 Å². The minimum absolute atomic E-state index is 0.664. The second-order valence-electron chi connectivity index (χ2n) is 4.54. The van der Waals surface area contributed by atoms with E-state index in [-0.39, 0.29) is 0 Å². The molecule has 0 bridgehead atoms. The van der Waals surface area contributed by atoms with E-state index in [1.54, 1.807) is 11.3 Å². The summed E-state index contributed by atoms with van der Waals surface area (Å²) in [7, 11) is 0. The van der Waals surface area contributed by atoms with E-state index in [9.17, 15) is 0 Å². The first kappa shape index (κ1) is 14.3. The second kappa shape index (κ2) is 6.87. The molecule has 0 aliphatic heterocycles. The van der Waals surface area contributed by atoms with Crippen LogP contribution in [0.2, 0.25) is 0 Å². The summed E-state index contributed by atoms with van der Waals surface area (Å²) in [5.74, 6) is 1.35. The van der Waals surface area contributed by atoms with Gasteiger partial charge in [0.2, 0.25) is 11.7 Å². The fourth-order valence-corrected chi connectivity index (χ4v) is 3.27. The number of nitrogens with one attached hydrogen (secondary N) is 1. The van der Waals surface area contributed by atoms with Crippen LogP contribution in [0, 0.1) is 0 Å². The minimum atomic E-state index is 0.664. The highest BCUT2D eigenvalue weighted by molar-refractivity contribution is 9.10. The minimum Gasteiger partial charge on any atom is -0.385 e. The third kappa shape index (κ3) is 3.92. The summed E-state index contributed by atoms with van der Waals surface area (Å²) in [5, 5.41) is 9.39. The van der Waals surface area contributed by atoms with E-state index >= 15 is 0 Å². The molecule has 0 unspecified atom stereocenters. The number of rotatable bonds is 6. The van der Waals surface area contributed by atoms with Crippen LogP contribution >= 0.6 is 27.3 Å². The molecule has 2 heterocycles. The van der Waals surface area contributed by atoms with Crippen molar-refractivity contribution < 1.29 is 4.52 Å². The number of thiophene rings is 1. The number of hydrogen-bond donors (Lipinski definition) is 1. The number of anilines is 1. The standard InChI is InChI=1S/C15H14BrN3OS/c16-11-9-13(21-10-11)15-18-14(20-19-15)7-4-8-17-12-5-2-1-3-6-12/h1-3,5-6,9-10,17H,4,7-8H2. The summed E-state index contributed by atoms with van der Waals surface area (Å²) in [6, 6.07) is 12.2. The molecule has 2 aromatic heterocycles. The van der Waals surface area contributed by atoms with Crippen molar-refractivity contribution in [1.82, 2.24) is 10.1 Å². The Bertz CT molecular complexity index is 696. The Morgan fingerprint density at radius 3 is 2.86 bits per heavy atom. The maximum absolute atomic E-state index is 5.28. The number of halogens is 1. The van der Waals surface area contributed by atoms with E-state index < -0.39 is 0 Å². The monoisotopic (exact) mass is 363 g/mol. The van der Waals surface area contributed by atoms with Gasteiger partial charge in [-0.15, -0.1) is 11.3 Å². The molecular formula is C15H14BrN3OS. The zero-order valence-corrected chi connectivity index (χ0v) is 13.7. The molecule has 6 heteroatoms. The van der Waals surface area contributed by atoms with E-state index in [0.717, 1.165) is 34.4 Å². The average molecular weight is 364 g/mol. The van der Waals surface area contributed by atoms with Gasteiger partial charge in [-0.25, -0.2) is 0 Å². The molecule has 0 spiro atoms.